The van der Waals surface area contributed by atoms with Crippen LogP contribution in [0.1, 0.15) is 33.1 Å². The molecule has 2 atom stereocenters. The summed E-state index contributed by atoms with van der Waals surface area (Å²) in [4.78, 5) is 0. The van der Waals surface area contributed by atoms with Gasteiger partial charge in [-0.2, -0.15) is 0 Å². The van der Waals surface area contributed by atoms with E-state index in [9.17, 15) is 0 Å². The van der Waals surface area contributed by atoms with Gasteiger partial charge in [0.1, 0.15) is 0 Å². The van der Waals surface area contributed by atoms with Gasteiger partial charge >= 0.3 is 0 Å². The van der Waals surface area contributed by atoms with E-state index in [1.165, 1.54) is 19.3 Å². The second kappa shape index (κ2) is 3.61. The average molecular weight is 161 g/mol. The number of hydrogen-bond acceptors (Lipinski definition) is 0. The van der Waals surface area contributed by atoms with E-state index in [0.717, 1.165) is 23.6 Å². The van der Waals surface area contributed by atoms with Crippen molar-refractivity contribution in [3.05, 3.63) is 0 Å². The van der Waals surface area contributed by atoms with E-state index in [4.69, 9.17) is 11.6 Å². The van der Waals surface area contributed by atoms with Gasteiger partial charge in [0.2, 0.25) is 0 Å². The van der Waals surface area contributed by atoms with Crippen molar-refractivity contribution in [3.63, 3.8) is 0 Å². The first kappa shape index (κ1) is 8.39. The maximum absolute atomic E-state index is 5.87. The monoisotopic (exact) mass is 160 g/mol. The fraction of sp³-hybridized carbons (Fsp3) is 1.00. The highest BCUT2D eigenvalue weighted by Gasteiger charge is 2.26. The van der Waals surface area contributed by atoms with Crippen LogP contribution in [0.3, 0.4) is 0 Å². The Kier molecular flexibility index (Phi) is 3.03. The summed E-state index contributed by atoms with van der Waals surface area (Å²) in [5.74, 6) is 3.38. The third-order valence-corrected chi connectivity index (χ3v) is 3.32. The predicted molar refractivity (Wildman–Crippen MR) is 46.4 cm³/mol. The molecule has 1 heteroatoms. The first-order valence-corrected chi connectivity index (χ1v) is 4.85. The third kappa shape index (κ3) is 1.66. The summed E-state index contributed by atoms with van der Waals surface area (Å²) >= 11 is 5.87. The van der Waals surface area contributed by atoms with Crippen molar-refractivity contribution in [2.75, 3.05) is 5.88 Å². The van der Waals surface area contributed by atoms with Gasteiger partial charge in [0.25, 0.3) is 0 Å². The molecule has 0 N–H and O–H groups in total. The highest BCUT2D eigenvalue weighted by molar-refractivity contribution is 6.18. The van der Waals surface area contributed by atoms with E-state index in [1.807, 2.05) is 0 Å². The molecule has 60 valence electrons. The Morgan fingerprint density at radius 3 is 2.00 bits per heavy atom. The third-order valence-electron chi connectivity index (χ3n) is 2.96. The standard InChI is InChI=1S/C9H17Cl/c1-7-4-3-5-8(2)9(7)6-10/h7-9H,3-6H2,1-2H3. The van der Waals surface area contributed by atoms with E-state index in [-0.39, 0.29) is 0 Å². The van der Waals surface area contributed by atoms with E-state index < -0.39 is 0 Å². The van der Waals surface area contributed by atoms with Crippen LogP contribution >= 0.6 is 11.6 Å². The van der Waals surface area contributed by atoms with Gasteiger partial charge in [0.05, 0.1) is 0 Å². The minimum Gasteiger partial charge on any atom is -0.126 e. The minimum absolute atomic E-state index is 0.787. The molecule has 0 aromatic carbocycles. The van der Waals surface area contributed by atoms with Crippen molar-refractivity contribution in [2.45, 2.75) is 33.1 Å². The average Bonchev–Trinajstić information content (AvgIpc) is 1.88. The van der Waals surface area contributed by atoms with Crippen LogP contribution in [0.2, 0.25) is 0 Å². The van der Waals surface area contributed by atoms with E-state index in [1.54, 1.807) is 0 Å². The van der Waals surface area contributed by atoms with E-state index in [0.29, 0.717) is 0 Å². The zero-order valence-corrected chi connectivity index (χ0v) is 7.69. The van der Waals surface area contributed by atoms with Crippen molar-refractivity contribution in [1.29, 1.82) is 0 Å². The normalized spacial score (nSPS) is 41.7. The topological polar surface area (TPSA) is 0 Å². The summed E-state index contributed by atoms with van der Waals surface area (Å²) < 4.78 is 0. The van der Waals surface area contributed by atoms with Crippen LogP contribution in [-0.2, 0) is 0 Å². The fourth-order valence-corrected chi connectivity index (χ4v) is 2.66. The molecule has 1 rings (SSSR count). The first-order chi connectivity index (χ1) is 4.75. The van der Waals surface area contributed by atoms with Gasteiger partial charge < -0.3 is 0 Å². The van der Waals surface area contributed by atoms with Gasteiger partial charge in [-0.15, -0.1) is 11.6 Å². The quantitative estimate of drug-likeness (QED) is 0.517. The summed E-state index contributed by atoms with van der Waals surface area (Å²) in [7, 11) is 0. The molecule has 0 aromatic rings. The molecule has 1 fully saturated rings. The Labute approximate surface area is 69.0 Å². The Morgan fingerprint density at radius 1 is 1.20 bits per heavy atom. The van der Waals surface area contributed by atoms with Gasteiger partial charge in [-0.25, -0.2) is 0 Å². The van der Waals surface area contributed by atoms with Crippen LogP contribution in [0.25, 0.3) is 0 Å². The van der Waals surface area contributed by atoms with Crippen LogP contribution in [0.15, 0.2) is 0 Å². The molecule has 0 radical (unpaired) electrons. The molecule has 0 heterocycles. The molecule has 0 nitrogen and oxygen atoms in total. The van der Waals surface area contributed by atoms with Crippen LogP contribution in [0, 0.1) is 17.8 Å². The molecule has 2 unspecified atom stereocenters. The largest absolute Gasteiger partial charge is 0.126 e. The van der Waals surface area contributed by atoms with Crippen molar-refractivity contribution >= 4 is 11.6 Å². The van der Waals surface area contributed by atoms with Crippen molar-refractivity contribution in [1.82, 2.24) is 0 Å². The summed E-state index contributed by atoms with van der Waals surface area (Å²) in [5, 5.41) is 0. The highest BCUT2D eigenvalue weighted by atomic mass is 35.5. The Bertz CT molecular complexity index is 90.9. The Hall–Kier alpha value is 0.290. The van der Waals surface area contributed by atoms with Gasteiger partial charge in [-0.1, -0.05) is 33.1 Å². The molecular weight excluding hydrogens is 144 g/mol. The number of hydrogen-bond donors (Lipinski definition) is 0. The molecule has 10 heavy (non-hydrogen) atoms. The van der Waals surface area contributed by atoms with E-state index >= 15 is 0 Å². The lowest BCUT2D eigenvalue weighted by molar-refractivity contribution is 0.201. The van der Waals surface area contributed by atoms with Crippen LogP contribution in [-0.4, -0.2) is 5.88 Å². The molecule has 0 bridgehead atoms. The Morgan fingerprint density at radius 2 is 1.70 bits per heavy atom. The minimum atomic E-state index is 0.787. The summed E-state index contributed by atoms with van der Waals surface area (Å²) in [5.41, 5.74) is 0. The molecule has 0 spiro atoms. The second-order valence-corrected chi connectivity index (χ2v) is 4.01. The van der Waals surface area contributed by atoms with Crippen LogP contribution in [0.5, 0.6) is 0 Å². The summed E-state index contributed by atoms with van der Waals surface area (Å²) in [6, 6.07) is 0. The summed E-state index contributed by atoms with van der Waals surface area (Å²) in [6.45, 7) is 4.67. The molecule has 1 aliphatic carbocycles. The second-order valence-electron chi connectivity index (χ2n) is 3.70. The maximum Gasteiger partial charge on any atom is 0.0256 e. The molecule has 1 saturated carbocycles. The SMILES string of the molecule is CC1CCCC(C)C1CCl. The highest BCUT2D eigenvalue weighted by Crippen LogP contribution is 2.34. The van der Waals surface area contributed by atoms with Crippen molar-refractivity contribution in [3.8, 4) is 0 Å². The molecule has 0 amide bonds. The lowest BCUT2D eigenvalue weighted by Gasteiger charge is -2.32. The van der Waals surface area contributed by atoms with Gasteiger partial charge in [-0.3, -0.25) is 0 Å². The molecule has 0 aliphatic heterocycles. The van der Waals surface area contributed by atoms with Gasteiger partial charge in [0.15, 0.2) is 0 Å². The van der Waals surface area contributed by atoms with Gasteiger partial charge in [0, 0.05) is 5.88 Å². The number of halogens is 1. The maximum atomic E-state index is 5.87. The molecule has 1 aliphatic rings. The lowest BCUT2D eigenvalue weighted by Crippen LogP contribution is -2.25. The predicted octanol–water partition coefficient (Wildman–Crippen LogP) is 3.30. The van der Waals surface area contributed by atoms with Crippen LogP contribution < -0.4 is 0 Å². The molecular formula is C9H17Cl. The van der Waals surface area contributed by atoms with Gasteiger partial charge in [-0.05, 0) is 17.8 Å². The summed E-state index contributed by atoms with van der Waals surface area (Å²) in [6.07, 6.45) is 4.19. The zero-order valence-electron chi connectivity index (χ0n) is 6.94. The van der Waals surface area contributed by atoms with Crippen molar-refractivity contribution in [2.24, 2.45) is 17.8 Å². The smallest absolute Gasteiger partial charge is 0.0256 e. The first-order valence-electron chi connectivity index (χ1n) is 4.31. The number of alkyl halides is 1. The number of rotatable bonds is 1. The Balaban J connectivity index is 2.45. The lowest BCUT2D eigenvalue weighted by atomic mass is 9.75. The molecule has 0 aromatic heterocycles. The molecule has 0 saturated heterocycles. The van der Waals surface area contributed by atoms with E-state index in [2.05, 4.69) is 13.8 Å². The zero-order chi connectivity index (χ0) is 7.56. The fourth-order valence-electron chi connectivity index (χ4n) is 2.05. The van der Waals surface area contributed by atoms with Crippen LogP contribution in [0.4, 0.5) is 0 Å². The van der Waals surface area contributed by atoms with Crippen molar-refractivity contribution < 1.29 is 0 Å².